The van der Waals surface area contributed by atoms with Gasteiger partial charge in [0.05, 0.1) is 18.0 Å². The fourth-order valence-corrected chi connectivity index (χ4v) is 3.38. The number of hydrogen-bond acceptors (Lipinski definition) is 4. The molecule has 1 fully saturated rings. The monoisotopic (exact) mass is 299 g/mol. The second kappa shape index (κ2) is 4.84. The predicted octanol–water partition coefficient (Wildman–Crippen LogP) is 4.12. The number of fused-ring (bicyclic) bond motifs is 1. The normalized spacial score (nSPS) is 15.0. The van der Waals surface area contributed by atoms with E-state index in [0.29, 0.717) is 5.92 Å². The van der Waals surface area contributed by atoms with Crippen molar-refractivity contribution in [2.45, 2.75) is 38.7 Å². The van der Waals surface area contributed by atoms with Crippen molar-refractivity contribution >= 4 is 16.3 Å². The van der Waals surface area contributed by atoms with Crippen LogP contribution < -0.4 is 4.74 Å². The summed E-state index contributed by atoms with van der Waals surface area (Å²) in [5, 5.41) is 5.85. The maximum absolute atomic E-state index is 5.66. The van der Waals surface area contributed by atoms with Gasteiger partial charge in [-0.1, -0.05) is 11.3 Å². The summed E-state index contributed by atoms with van der Waals surface area (Å²) in [5.41, 5.74) is 2.06. The van der Waals surface area contributed by atoms with E-state index in [4.69, 9.17) is 4.74 Å². The van der Waals surface area contributed by atoms with Crippen molar-refractivity contribution < 1.29 is 4.74 Å². The number of nitrogens with zero attached hydrogens (tertiary/aromatic N) is 3. The highest BCUT2D eigenvalue weighted by molar-refractivity contribution is 7.16. The van der Waals surface area contributed by atoms with Crippen LogP contribution in [0.3, 0.4) is 0 Å². The molecular weight excluding hydrogens is 282 g/mol. The molecule has 1 aromatic carbocycles. The minimum absolute atomic E-state index is 0.193. The molecule has 1 aliphatic rings. The Hall–Kier alpha value is -1.88. The lowest BCUT2D eigenvalue weighted by atomic mass is 10.1. The van der Waals surface area contributed by atoms with Gasteiger partial charge >= 0.3 is 0 Å². The third kappa shape index (κ3) is 2.53. The minimum atomic E-state index is 0.193. The van der Waals surface area contributed by atoms with Crippen molar-refractivity contribution in [2.75, 3.05) is 0 Å². The summed E-state index contributed by atoms with van der Waals surface area (Å²) in [4.78, 5) is 5.66. The molecule has 1 aliphatic carbocycles. The van der Waals surface area contributed by atoms with Crippen molar-refractivity contribution in [2.24, 2.45) is 0 Å². The molecule has 4 nitrogen and oxygen atoms in total. The second-order valence-electron chi connectivity index (χ2n) is 5.76. The van der Waals surface area contributed by atoms with Crippen LogP contribution in [-0.2, 0) is 0 Å². The van der Waals surface area contributed by atoms with E-state index in [-0.39, 0.29) is 6.10 Å². The number of hydrogen-bond donors (Lipinski definition) is 0. The van der Waals surface area contributed by atoms with Crippen molar-refractivity contribution in [3.63, 3.8) is 0 Å². The van der Waals surface area contributed by atoms with Crippen LogP contribution in [-0.4, -0.2) is 20.7 Å². The first kappa shape index (κ1) is 12.8. The molecule has 0 saturated heterocycles. The van der Waals surface area contributed by atoms with Gasteiger partial charge < -0.3 is 4.74 Å². The Kier molecular flexibility index (Phi) is 2.96. The van der Waals surface area contributed by atoms with E-state index in [2.05, 4.69) is 10.1 Å². The molecule has 2 heterocycles. The highest BCUT2D eigenvalue weighted by Crippen LogP contribution is 2.42. The lowest BCUT2D eigenvalue weighted by Crippen LogP contribution is -2.05. The smallest absolute Gasteiger partial charge is 0.212 e. The maximum atomic E-state index is 5.66. The third-order valence-corrected chi connectivity index (χ3v) is 4.59. The molecule has 3 aromatic rings. The van der Waals surface area contributed by atoms with Gasteiger partial charge in [-0.05, 0) is 51.0 Å². The Bertz CT molecular complexity index is 737. The molecule has 0 spiro atoms. The molecule has 0 atom stereocenters. The Morgan fingerprint density at radius 1 is 1.24 bits per heavy atom. The molecule has 2 aromatic heterocycles. The van der Waals surface area contributed by atoms with Gasteiger partial charge in [-0.25, -0.2) is 9.50 Å². The van der Waals surface area contributed by atoms with Crippen LogP contribution in [0.25, 0.3) is 16.2 Å². The highest BCUT2D eigenvalue weighted by atomic mass is 32.1. The first-order chi connectivity index (χ1) is 10.2. The fourth-order valence-electron chi connectivity index (χ4n) is 2.33. The molecule has 108 valence electrons. The van der Waals surface area contributed by atoms with E-state index in [1.54, 1.807) is 11.3 Å². The van der Waals surface area contributed by atoms with Crippen LogP contribution in [0.1, 0.15) is 37.6 Å². The van der Waals surface area contributed by atoms with E-state index in [0.717, 1.165) is 22.0 Å². The molecule has 0 bridgehead atoms. The number of rotatable bonds is 4. The van der Waals surface area contributed by atoms with E-state index in [1.165, 1.54) is 17.8 Å². The molecule has 5 heteroatoms. The molecule has 21 heavy (non-hydrogen) atoms. The summed E-state index contributed by atoms with van der Waals surface area (Å²) in [6.45, 7) is 4.06. The van der Waals surface area contributed by atoms with Gasteiger partial charge in [0.15, 0.2) is 0 Å². The van der Waals surface area contributed by atoms with Gasteiger partial charge in [-0.3, -0.25) is 0 Å². The van der Waals surface area contributed by atoms with E-state index in [9.17, 15) is 0 Å². The van der Waals surface area contributed by atoms with Crippen molar-refractivity contribution in [3.8, 4) is 17.0 Å². The summed E-state index contributed by atoms with van der Waals surface area (Å²) in [5.74, 6) is 1.58. The quantitative estimate of drug-likeness (QED) is 0.727. The minimum Gasteiger partial charge on any atom is -0.491 e. The van der Waals surface area contributed by atoms with Crippen LogP contribution in [0.4, 0.5) is 0 Å². The largest absolute Gasteiger partial charge is 0.491 e. The van der Waals surface area contributed by atoms with Crippen LogP contribution in [0, 0.1) is 0 Å². The zero-order valence-corrected chi connectivity index (χ0v) is 12.9. The third-order valence-electron chi connectivity index (χ3n) is 3.51. The van der Waals surface area contributed by atoms with Crippen LogP contribution in [0.2, 0.25) is 0 Å². The van der Waals surface area contributed by atoms with Crippen LogP contribution in [0.15, 0.2) is 30.5 Å². The van der Waals surface area contributed by atoms with E-state index >= 15 is 0 Å². The zero-order valence-electron chi connectivity index (χ0n) is 12.1. The molecule has 0 aliphatic heterocycles. The van der Waals surface area contributed by atoms with Gasteiger partial charge in [0.2, 0.25) is 4.96 Å². The highest BCUT2D eigenvalue weighted by Gasteiger charge is 2.27. The SMILES string of the molecule is CC(C)Oc1ccc(-c2cn3nc(C4CC4)sc3n2)cc1. The van der Waals surface area contributed by atoms with Crippen LogP contribution in [0.5, 0.6) is 5.75 Å². The Morgan fingerprint density at radius 3 is 2.62 bits per heavy atom. The molecule has 0 unspecified atom stereocenters. The second-order valence-corrected chi connectivity index (χ2v) is 6.75. The first-order valence-electron chi connectivity index (χ1n) is 7.32. The number of ether oxygens (including phenoxy) is 1. The molecule has 0 N–H and O–H groups in total. The Balaban J connectivity index is 1.61. The maximum Gasteiger partial charge on any atom is 0.212 e. The summed E-state index contributed by atoms with van der Waals surface area (Å²) in [6, 6.07) is 8.08. The lowest BCUT2D eigenvalue weighted by Gasteiger charge is -2.09. The van der Waals surface area contributed by atoms with Crippen molar-refractivity contribution in [1.29, 1.82) is 0 Å². The Labute approximate surface area is 127 Å². The first-order valence-corrected chi connectivity index (χ1v) is 8.14. The number of imidazole rings is 1. The summed E-state index contributed by atoms with van der Waals surface area (Å²) in [7, 11) is 0. The fraction of sp³-hybridized carbons (Fsp3) is 0.375. The van der Waals surface area contributed by atoms with Gasteiger partial charge in [0.1, 0.15) is 10.8 Å². The predicted molar refractivity (Wildman–Crippen MR) is 84.0 cm³/mol. The van der Waals surface area contributed by atoms with Crippen molar-refractivity contribution in [3.05, 3.63) is 35.5 Å². The van der Waals surface area contributed by atoms with Crippen molar-refractivity contribution in [1.82, 2.24) is 14.6 Å². The topological polar surface area (TPSA) is 39.4 Å². The molecule has 0 radical (unpaired) electrons. The van der Waals surface area contributed by atoms with E-state index < -0.39 is 0 Å². The van der Waals surface area contributed by atoms with Crippen LogP contribution >= 0.6 is 11.3 Å². The number of aromatic nitrogens is 3. The van der Waals surface area contributed by atoms with E-state index in [1.807, 2.05) is 48.8 Å². The molecule has 1 saturated carbocycles. The molecule has 0 amide bonds. The molecule has 4 rings (SSSR count). The Morgan fingerprint density at radius 2 is 2.00 bits per heavy atom. The van der Waals surface area contributed by atoms with Gasteiger partial charge in [-0.2, -0.15) is 5.10 Å². The van der Waals surface area contributed by atoms with Gasteiger partial charge in [0, 0.05) is 11.5 Å². The summed E-state index contributed by atoms with van der Waals surface area (Å²) < 4.78 is 7.57. The summed E-state index contributed by atoms with van der Waals surface area (Å²) in [6.07, 6.45) is 4.76. The zero-order chi connectivity index (χ0) is 14.4. The van der Waals surface area contributed by atoms with Gasteiger partial charge in [-0.15, -0.1) is 0 Å². The average Bonchev–Trinajstić information content (AvgIpc) is 3.10. The number of benzene rings is 1. The lowest BCUT2D eigenvalue weighted by molar-refractivity contribution is 0.242. The average molecular weight is 299 g/mol. The molecular formula is C16H17N3OS. The van der Waals surface area contributed by atoms with Gasteiger partial charge in [0.25, 0.3) is 0 Å². The summed E-state index contributed by atoms with van der Waals surface area (Å²) >= 11 is 1.71. The standard InChI is InChI=1S/C16H17N3OS/c1-10(2)20-13-7-5-11(6-8-13)14-9-19-16(17-14)21-15(18-19)12-3-4-12/h5-10,12H,3-4H2,1-2H3.